The number of rotatable bonds is 16. The van der Waals surface area contributed by atoms with Crippen LogP contribution < -0.4 is 0 Å². The molecule has 2 unspecified atom stereocenters. The summed E-state index contributed by atoms with van der Waals surface area (Å²) in [6, 6.07) is 0. The fraction of sp³-hybridized carbons (Fsp3) is 0.850. The average molecular weight is 343 g/mol. The minimum Gasteiger partial charge on any atom is -0.481 e. The van der Waals surface area contributed by atoms with Crippen molar-refractivity contribution in [2.24, 2.45) is 5.92 Å². The van der Waals surface area contributed by atoms with Crippen LogP contribution in [-0.2, 0) is 4.79 Å². The normalized spacial score (nSPS) is 14.3. The SMILES string of the molecule is C=CCCCCC(O)C[N+](CCCC)(CCCC)CC(C)C(=O)O. The molecule has 0 aliphatic rings. The third-order valence-electron chi connectivity index (χ3n) is 4.85. The zero-order chi connectivity index (χ0) is 18.4. The van der Waals surface area contributed by atoms with Crippen LogP contribution >= 0.6 is 0 Å². The molecule has 0 heterocycles. The first-order chi connectivity index (χ1) is 11.4. The number of carboxylic acids is 1. The van der Waals surface area contributed by atoms with E-state index in [4.69, 9.17) is 0 Å². The molecule has 24 heavy (non-hydrogen) atoms. The van der Waals surface area contributed by atoms with Gasteiger partial charge in [0.25, 0.3) is 0 Å². The number of allylic oxidation sites excluding steroid dienone is 1. The number of aliphatic hydroxyl groups excluding tert-OH is 1. The maximum atomic E-state index is 11.4. The molecule has 0 spiro atoms. The van der Waals surface area contributed by atoms with Gasteiger partial charge in [0, 0.05) is 0 Å². The number of unbranched alkanes of at least 4 members (excludes halogenated alkanes) is 4. The average Bonchev–Trinajstić information content (AvgIpc) is 2.54. The second-order valence-electron chi connectivity index (χ2n) is 7.33. The topological polar surface area (TPSA) is 57.5 Å². The van der Waals surface area contributed by atoms with Crippen LogP contribution in [0.15, 0.2) is 12.7 Å². The van der Waals surface area contributed by atoms with Crippen molar-refractivity contribution in [3.8, 4) is 0 Å². The Labute approximate surface area is 149 Å². The van der Waals surface area contributed by atoms with E-state index in [0.29, 0.717) is 13.1 Å². The van der Waals surface area contributed by atoms with Gasteiger partial charge >= 0.3 is 5.97 Å². The van der Waals surface area contributed by atoms with Crippen molar-refractivity contribution in [3.05, 3.63) is 12.7 Å². The van der Waals surface area contributed by atoms with Crippen LogP contribution in [0.5, 0.6) is 0 Å². The number of aliphatic hydroxyl groups is 1. The molecule has 0 aromatic carbocycles. The first kappa shape index (κ1) is 23.1. The summed E-state index contributed by atoms with van der Waals surface area (Å²) in [5, 5.41) is 19.9. The lowest BCUT2D eigenvalue weighted by Crippen LogP contribution is -2.56. The van der Waals surface area contributed by atoms with Gasteiger partial charge in [-0.1, -0.05) is 39.2 Å². The monoisotopic (exact) mass is 342 g/mol. The van der Waals surface area contributed by atoms with Gasteiger partial charge in [0.15, 0.2) is 0 Å². The Hall–Kier alpha value is -0.870. The van der Waals surface area contributed by atoms with Crippen LogP contribution in [0.3, 0.4) is 0 Å². The van der Waals surface area contributed by atoms with Crippen molar-refractivity contribution < 1.29 is 19.5 Å². The molecule has 0 aromatic rings. The van der Waals surface area contributed by atoms with Crippen LogP contribution in [0.1, 0.15) is 72.1 Å². The maximum absolute atomic E-state index is 11.4. The second-order valence-corrected chi connectivity index (χ2v) is 7.33. The Morgan fingerprint density at radius 1 is 1.08 bits per heavy atom. The molecule has 0 aliphatic heterocycles. The lowest BCUT2D eigenvalue weighted by molar-refractivity contribution is -0.933. The third-order valence-corrected chi connectivity index (χ3v) is 4.85. The molecule has 0 radical (unpaired) electrons. The molecule has 0 amide bonds. The van der Waals surface area contributed by atoms with Crippen LogP contribution in [0.4, 0.5) is 0 Å². The molecule has 142 valence electrons. The zero-order valence-corrected chi connectivity index (χ0v) is 16.2. The summed E-state index contributed by atoms with van der Waals surface area (Å²) in [5.41, 5.74) is 0. The minimum atomic E-state index is -0.731. The number of quaternary nitrogens is 1. The van der Waals surface area contributed by atoms with Gasteiger partial charge in [-0.3, -0.25) is 4.79 Å². The lowest BCUT2D eigenvalue weighted by Gasteiger charge is -2.41. The number of hydrogen-bond acceptors (Lipinski definition) is 2. The Morgan fingerprint density at radius 2 is 1.67 bits per heavy atom. The van der Waals surface area contributed by atoms with E-state index < -0.39 is 5.97 Å². The Bertz CT molecular complexity index is 336. The van der Waals surface area contributed by atoms with Crippen LogP contribution in [0.25, 0.3) is 0 Å². The minimum absolute atomic E-state index is 0.343. The van der Waals surface area contributed by atoms with E-state index in [1.165, 1.54) is 0 Å². The molecule has 0 saturated heterocycles. The van der Waals surface area contributed by atoms with Gasteiger partial charge in [-0.25, -0.2) is 0 Å². The summed E-state index contributed by atoms with van der Waals surface area (Å²) in [6.07, 6.45) is 9.81. The Morgan fingerprint density at radius 3 is 2.12 bits per heavy atom. The van der Waals surface area contributed by atoms with Gasteiger partial charge in [0.1, 0.15) is 18.6 Å². The molecular weight excluding hydrogens is 302 g/mol. The molecule has 0 bridgehead atoms. The summed E-state index contributed by atoms with van der Waals surface area (Å²) < 4.78 is 0.748. The molecule has 0 saturated carbocycles. The molecule has 2 atom stereocenters. The van der Waals surface area contributed by atoms with E-state index in [-0.39, 0.29) is 12.0 Å². The first-order valence-corrected chi connectivity index (χ1v) is 9.77. The number of nitrogens with zero attached hydrogens (tertiary/aromatic N) is 1. The van der Waals surface area contributed by atoms with Gasteiger partial charge in [0.05, 0.1) is 19.6 Å². The van der Waals surface area contributed by atoms with Gasteiger partial charge in [-0.05, 0) is 39.0 Å². The van der Waals surface area contributed by atoms with E-state index in [0.717, 1.165) is 68.9 Å². The number of hydrogen-bond donors (Lipinski definition) is 2. The molecule has 2 N–H and O–H groups in total. The quantitative estimate of drug-likeness (QED) is 0.251. The molecule has 0 aliphatic carbocycles. The maximum Gasteiger partial charge on any atom is 0.311 e. The Balaban J connectivity index is 4.93. The van der Waals surface area contributed by atoms with Gasteiger partial charge in [-0.15, -0.1) is 6.58 Å². The van der Waals surface area contributed by atoms with Crippen molar-refractivity contribution in [1.29, 1.82) is 0 Å². The third kappa shape index (κ3) is 10.1. The van der Waals surface area contributed by atoms with Gasteiger partial charge in [0.2, 0.25) is 0 Å². The van der Waals surface area contributed by atoms with E-state index in [1.54, 1.807) is 6.92 Å². The van der Waals surface area contributed by atoms with E-state index in [9.17, 15) is 15.0 Å². The highest BCUT2D eigenvalue weighted by atomic mass is 16.4. The summed E-state index contributed by atoms with van der Waals surface area (Å²) in [5.74, 6) is -1.10. The molecule has 0 rings (SSSR count). The zero-order valence-electron chi connectivity index (χ0n) is 16.2. The highest BCUT2D eigenvalue weighted by molar-refractivity contribution is 5.69. The van der Waals surface area contributed by atoms with E-state index in [1.807, 2.05) is 6.08 Å². The van der Waals surface area contributed by atoms with Crippen molar-refractivity contribution in [2.45, 2.75) is 78.2 Å². The number of carboxylic acid groups (broad SMARTS) is 1. The smallest absolute Gasteiger partial charge is 0.311 e. The summed E-state index contributed by atoms with van der Waals surface area (Å²) in [7, 11) is 0. The van der Waals surface area contributed by atoms with Crippen LogP contribution in [-0.4, -0.2) is 52.9 Å². The largest absolute Gasteiger partial charge is 0.481 e. The second kappa shape index (κ2) is 13.4. The summed E-state index contributed by atoms with van der Waals surface area (Å²) in [6.45, 7) is 13.1. The number of aliphatic carboxylic acids is 1. The van der Waals surface area contributed by atoms with E-state index >= 15 is 0 Å². The van der Waals surface area contributed by atoms with Crippen molar-refractivity contribution in [2.75, 3.05) is 26.2 Å². The van der Waals surface area contributed by atoms with Crippen LogP contribution in [0.2, 0.25) is 0 Å². The van der Waals surface area contributed by atoms with Crippen LogP contribution in [0, 0.1) is 5.92 Å². The highest BCUT2D eigenvalue weighted by Gasteiger charge is 2.33. The van der Waals surface area contributed by atoms with Gasteiger partial charge < -0.3 is 14.7 Å². The van der Waals surface area contributed by atoms with Crippen molar-refractivity contribution >= 4 is 5.97 Å². The summed E-state index contributed by atoms with van der Waals surface area (Å²) >= 11 is 0. The highest BCUT2D eigenvalue weighted by Crippen LogP contribution is 2.19. The fourth-order valence-electron chi connectivity index (χ4n) is 3.40. The molecule has 4 heteroatoms. The first-order valence-electron chi connectivity index (χ1n) is 9.77. The molecule has 4 nitrogen and oxygen atoms in total. The van der Waals surface area contributed by atoms with E-state index in [2.05, 4.69) is 20.4 Å². The predicted molar refractivity (Wildman–Crippen MR) is 101 cm³/mol. The molecule has 0 fully saturated rings. The van der Waals surface area contributed by atoms with Gasteiger partial charge in [-0.2, -0.15) is 0 Å². The molecule has 0 aromatic heterocycles. The standard InChI is InChI=1S/C20H39NO3/c1-5-8-11-12-13-19(22)17-21(14-9-6-2,15-10-7-3)16-18(4)20(23)24/h5,18-19,22H,1,6-17H2,2-4H3/p+1. The fourth-order valence-corrected chi connectivity index (χ4v) is 3.40. The number of carbonyl (C=O) groups is 1. The lowest BCUT2D eigenvalue weighted by atomic mass is 10.0. The predicted octanol–water partition coefficient (Wildman–Crippen LogP) is 4.23. The van der Waals surface area contributed by atoms with Crippen molar-refractivity contribution in [1.82, 2.24) is 0 Å². The summed E-state index contributed by atoms with van der Waals surface area (Å²) in [4.78, 5) is 11.4. The molecular formula is C20H40NO3+. The Kier molecular flexibility index (Phi) is 12.9. The van der Waals surface area contributed by atoms with Crippen molar-refractivity contribution in [3.63, 3.8) is 0 Å².